The molecule has 3 aliphatic rings. The first-order valence-corrected chi connectivity index (χ1v) is 29.6. The number of amides is 6. The van der Waals surface area contributed by atoms with Crippen molar-refractivity contribution in [2.24, 2.45) is 38.9 Å². The molecular formula is C66H75N15O8. The molecule has 462 valence electrons. The van der Waals surface area contributed by atoms with E-state index in [4.69, 9.17) is 23.7 Å². The van der Waals surface area contributed by atoms with Gasteiger partial charge in [0.1, 0.15) is 17.1 Å². The number of aryl methyl sites for hydroxylation is 3. The van der Waals surface area contributed by atoms with E-state index in [0.717, 1.165) is 64.4 Å². The molecule has 0 saturated heterocycles. The number of carbonyl (C=O) groups excluding carboxylic acids is 3. The number of nitrogens with one attached hydrogen (secondary N) is 6. The molecule has 3 aromatic carbocycles. The fraction of sp³-hybridized carbons (Fsp3) is 0.379. The lowest BCUT2D eigenvalue weighted by atomic mass is 10.1. The molecule has 0 bridgehead atoms. The van der Waals surface area contributed by atoms with E-state index in [-0.39, 0.29) is 30.3 Å². The number of methoxy groups -OCH3 is 2. The number of anilines is 3. The number of pyridine rings is 1. The largest absolute Gasteiger partial charge is 0.493 e. The van der Waals surface area contributed by atoms with E-state index >= 15 is 0 Å². The average molecular weight is 1210 g/mol. The molecule has 89 heavy (non-hydrogen) atoms. The number of para-hydroxylation sites is 1. The number of fused-ring (bicyclic) bond motifs is 2. The molecular weight excluding hydrogens is 1130 g/mol. The van der Waals surface area contributed by atoms with Crippen LogP contribution in [0.25, 0.3) is 21.9 Å². The van der Waals surface area contributed by atoms with Gasteiger partial charge in [-0.2, -0.15) is 15.3 Å². The Hall–Kier alpha value is -9.99. The number of nitrogens with zero attached hydrogens (tertiary/aromatic N) is 9. The molecule has 0 radical (unpaired) electrons. The molecule has 2 atom stereocenters. The van der Waals surface area contributed by atoms with Crippen LogP contribution in [0.15, 0.2) is 104 Å². The van der Waals surface area contributed by atoms with Crippen molar-refractivity contribution in [1.29, 1.82) is 0 Å². The standard InChI is InChI=1S/C23H25N5O2.C22H28N4O4.C21H22N6O2/c1-16(30-15-17-7-8-17)13-25-23(29)26-22-12-20(28(2)27-22)10-9-18-11-19-5-3-4-6-21(19)24-14-18;1-15(30-14-17-5-6-17)13-23-22(27)24-21-12-18(26(2)25-21)9-7-16-8-10-19(28-3)20(11-16)29-4;1-27-17(6-4-15-5-7-18-19(12-15)23-9-8-22-18)13-20(26-27)25-21(28)24-10-11-29-14-16-2-3-16/h3-6,11-12,14,16-17H,7-8,13,15H2,1-2H3,(H2,25,26,27,29);8,10-12,15,17H,5-6,13-14H2,1-4H3,(H2,23,24,25,27);5,7-9,12-13,16H,2-3,10-11,14H2,1H3,(H2,24,25,26,28)/t16-;15-;/m00./s1. The van der Waals surface area contributed by atoms with Gasteiger partial charge in [0.25, 0.3) is 0 Å². The highest BCUT2D eigenvalue weighted by Gasteiger charge is 2.24. The van der Waals surface area contributed by atoms with Gasteiger partial charge in [-0.3, -0.25) is 44.9 Å². The molecule has 3 fully saturated rings. The minimum atomic E-state index is -0.325. The molecule has 23 heteroatoms. The molecule has 5 aromatic heterocycles. The minimum Gasteiger partial charge on any atom is -0.493 e. The predicted molar refractivity (Wildman–Crippen MR) is 339 cm³/mol. The van der Waals surface area contributed by atoms with Gasteiger partial charge in [-0.25, -0.2) is 14.4 Å². The predicted octanol–water partition coefficient (Wildman–Crippen LogP) is 8.39. The second-order valence-electron chi connectivity index (χ2n) is 21.9. The maximum Gasteiger partial charge on any atom is 0.320 e. The van der Waals surface area contributed by atoms with Crippen LogP contribution in [0, 0.1) is 53.3 Å². The normalized spacial score (nSPS) is 13.6. The summed E-state index contributed by atoms with van der Waals surface area (Å²) in [6.45, 7) is 8.11. The van der Waals surface area contributed by atoms with E-state index in [1.165, 1.54) is 38.5 Å². The van der Waals surface area contributed by atoms with Crippen molar-refractivity contribution < 1.29 is 38.1 Å². The van der Waals surface area contributed by atoms with Crippen LogP contribution in [0.3, 0.4) is 0 Å². The molecule has 8 aromatic rings. The summed E-state index contributed by atoms with van der Waals surface area (Å²) in [4.78, 5) is 49.2. The Morgan fingerprint density at radius 2 is 1.00 bits per heavy atom. The summed E-state index contributed by atoms with van der Waals surface area (Å²) >= 11 is 0. The highest BCUT2D eigenvalue weighted by Crippen LogP contribution is 2.31. The van der Waals surface area contributed by atoms with Crippen LogP contribution in [0.5, 0.6) is 11.5 Å². The highest BCUT2D eigenvalue weighted by atomic mass is 16.5. The third kappa shape index (κ3) is 20.9. The first-order valence-electron chi connectivity index (χ1n) is 29.6. The van der Waals surface area contributed by atoms with Crippen LogP contribution < -0.4 is 41.4 Å². The lowest BCUT2D eigenvalue weighted by Gasteiger charge is -2.13. The molecule has 3 saturated carbocycles. The van der Waals surface area contributed by atoms with Crippen LogP contribution in [-0.2, 0) is 35.4 Å². The topological polar surface area (TPSA) is 262 Å². The lowest BCUT2D eigenvalue weighted by molar-refractivity contribution is 0.0600. The summed E-state index contributed by atoms with van der Waals surface area (Å²) in [5.41, 5.74) is 7.04. The smallest absolute Gasteiger partial charge is 0.320 e. The van der Waals surface area contributed by atoms with Crippen LogP contribution in [0.4, 0.5) is 31.8 Å². The number of carbonyl (C=O) groups is 3. The van der Waals surface area contributed by atoms with Gasteiger partial charge in [-0.15, -0.1) is 0 Å². The van der Waals surface area contributed by atoms with Crippen molar-refractivity contribution in [1.82, 2.24) is 60.2 Å². The molecule has 11 rings (SSSR count). The minimum absolute atomic E-state index is 0.0166. The Labute approximate surface area is 517 Å². The van der Waals surface area contributed by atoms with E-state index in [1.54, 1.807) is 98.3 Å². The molecule has 6 amide bonds. The summed E-state index contributed by atoms with van der Waals surface area (Å²) in [6, 6.07) is 25.3. The maximum atomic E-state index is 12.1. The summed E-state index contributed by atoms with van der Waals surface area (Å²) in [7, 11) is 8.52. The average Bonchev–Trinajstić information content (AvgIpc) is 4.22. The van der Waals surface area contributed by atoms with Crippen molar-refractivity contribution in [3.63, 3.8) is 0 Å². The molecule has 23 nitrogen and oxygen atoms in total. The molecule has 5 heterocycles. The Bertz CT molecular complexity index is 3920. The Morgan fingerprint density at radius 1 is 0.517 bits per heavy atom. The Kier molecular flexibility index (Phi) is 22.5. The van der Waals surface area contributed by atoms with E-state index in [2.05, 4.69) is 97.7 Å². The van der Waals surface area contributed by atoms with Crippen molar-refractivity contribution in [3.05, 3.63) is 137 Å². The third-order valence-electron chi connectivity index (χ3n) is 14.1. The quantitative estimate of drug-likeness (QED) is 0.0309. The molecule has 0 aliphatic heterocycles. The van der Waals surface area contributed by atoms with Crippen LogP contribution in [0.2, 0.25) is 0 Å². The van der Waals surface area contributed by atoms with Crippen molar-refractivity contribution >= 4 is 57.5 Å². The second kappa shape index (κ2) is 31.6. The number of rotatable bonds is 20. The fourth-order valence-electron chi connectivity index (χ4n) is 8.45. The van der Waals surface area contributed by atoms with Gasteiger partial charge in [-0.1, -0.05) is 36.0 Å². The number of hydrogen-bond acceptors (Lipinski definition) is 14. The van der Waals surface area contributed by atoms with Crippen molar-refractivity contribution in [2.75, 3.05) is 76.2 Å². The summed E-state index contributed by atoms with van der Waals surface area (Å²) in [5, 5.41) is 30.5. The van der Waals surface area contributed by atoms with E-state index in [1.807, 2.05) is 68.4 Å². The Morgan fingerprint density at radius 3 is 1.54 bits per heavy atom. The van der Waals surface area contributed by atoms with Gasteiger partial charge >= 0.3 is 18.1 Å². The van der Waals surface area contributed by atoms with Crippen LogP contribution in [0.1, 0.15) is 86.1 Å². The number of urea groups is 3. The van der Waals surface area contributed by atoms with Gasteiger partial charge in [0.15, 0.2) is 29.0 Å². The lowest BCUT2D eigenvalue weighted by Crippen LogP contribution is -2.35. The van der Waals surface area contributed by atoms with E-state index in [0.29, 0.717) is 84.1 Å². The van der Waals surface area contributed by atoms with Gasteiger partial charge < -0.3 is 39.6 Å². The highest BCUT2D eigenvalue weighted by molar-refractivity contribution is 5.89. The Balaban J connectivity index is 0.000000159. The number of benzene rings is 3. The van der Waals surface area contributed by atoms with Crippen molar-refractivity contribution in [3.8, 4) is 47.0 Å². The fourth-order valence-corrected chi connectivity index (χ4v) is 8.45. The number of hydrogen-bond donors (Lipinski definition) is 6. The monoisotopic (exact) mass is 1210 g/mol. The number of aromatic nitrogens is 9. The van der Waals surface area contributed by atoms with Gasteiger partial charge in [0.05, 0.1) is 49.6 Å². The first-order chi connectivity index (χ1) is 43.2. The van der Waals surface area contributed by atoms with Crippen LogP contribution in [-0.4, -0.2) is 135 Å². The maximum absolute atomic E-state index is 12.1. The summed E-state index contributed by atoms with van der Waals surface area (Å²) in [6.07, 6.45) is 12.5. The zero-order valence-corrected chi connectivity index (χ0v) is 51.2. The molecule has 6 N–H and O–H groups in total. The molecule has 0 spiro atoms. The third-order valence-corrected chi connectivity index (χ3v) is 14.1. The SMILES string of the molecule is COc1ccc(C#Cc2cc(NC(=O)NC[C@H](C)OCC3CC3)nn2C)cc1OC.C[C@@H](CNC(=O)Nc1cc(C#Cc2cnc3ccccc3c2)n(C)n1)OCC1CC1.Cn1nc(NC(=O)NCCOCC2CC2)cc1C#Cc1ccc2nccnc2c1. The van der Waals surface area contributed by atoms with Crippen molar-refractivity contribution in [2.45, 2.75) is 64.6 Å². The summed E-state index contributed by atoms with van der Waals surface area (Å²) < 4.78 is 32.3. The van der Waals surface area contributed by atoms with Gasteiger partial charge in [0.2, 0.25) is 0 Å². The summed E-state index contributed by atoms with van der Waals surface area (Å²) in [5.74, 6) is 23.2. The first kappa shape index (κ1) is 63.5. The number of ether oxygens (including phenoxy) is 5. The van der Waals surface area contributed by atoms with E-state index < -0.39 is 0 Å². The van der Waals surface area contributed by atoms with Gasteiger partial charge in [-0.05, 0) is 136 Å². The molecule has 3 aliphatic carbocycles. The van der Waals surface area contributed by atoms with Gasteiger partial charge in [0, 0.05) is 119 Å². The zero-order chi connectivity index (χ0) is 62.5. The van der Waals surface area contributed by atoms with E-state index in [9.17, 15) is 14.4 Å². The van der Waals surface area contributed by atoms with Crippen LogP contribution >= 0.6 is 0 Å². The zero-order valence-electron chi connectivity index (χ0n) is 51.2. The molecule has 0 unspecified atom stereocenters. The second-order valence-corrected chi connectivity index (χ2v) is 21.9.